The standard InChI is InChI=1S/C24H27N5O2S/c1-16-8-6-9-18(14-16)22-26-27-24(29(22)20-11-4-3-5-12-20)32-17(2)23(31)28-13-7-10-19(15-28)21(25)30/h3-6,8-9,11-12,14,17,19H,7,10,13,15H2,1-2H3,(H2,25,30). The van der Waals surface area contributed by atoms with E-state index in [1.54, 1.807) is 4.90 Å². The summed E-state index contributed by atoms with van der Waals surface area (Å²) in [6.07, 6.45) is 1.53. The number of nitrogens with zero attached hydrogens (tertiary/aromatic N) is 4. The molecule has 1 aliphatic rings. The highest BCUT2D eigenvalue weighted by molar-refractivity contribution is 8.00. The molecule has 2 heterocycles. The third kappa shape index (κ3) is 4.70. The van der Waals surface area contributed by atoms with Crippen molar-refractivity contribution in [1.82, 2.24) is 19.7 Å². The lowest BCUT2D eigenvalue weighted by Crippen LogP contribution is -2.46. The van der Waals surface area contributed by atoms with Crippen molar-refractivity contribution in [3.05, 3.63) is 60.2 Å². The van der Waals surface area contributed by atoms with Gasteiger partial charge in [0.15, 0.2) is 11.0 Å². The van der Waals surface area contributed by atoms with Crippen LogP contribution in [0.15, 0.2) is 59.8 Å². The number of piperidine rings is 1. The van der Waals surface area contributed by atoms with Gasteiger partial charge in [0.25, 0.3) is 0 Å². The van der Waals surface area contributed by atoms with Gasteiger partial charge in [0.1, 0.15) is 0 Å². The van der Waals surface area contributed by atoms with Crippen LogP contribution in [0, 0.1) is 12.8 Å². The van der Waals surface area contributed by atoms with Gasteiger partial charge in [-0.2, -0.15) is 0 Å². The van der Waals surface area contributed by atoms with Crippen molar-refractivity contribution < 1.29 is 9.59 Å². The average Bonchev–Trinajstić information content (AvgIpc) is 3.22. The Morgan fingerprint density at radius 1 is 1.12 bits per heavy atom. The number of benzene rings is 2. The van der Waals surface area contributed by atoms with Crippen LogP contribution in [0.4, 0.5) is 0 Å². The lowest BCUT2D eigenvalue weighted by atomic mass is 9.97. The Bertz CT molecular complexity index is 1110. The first-order valence-electron chi connectivity index (χ1n) is 10.8. The van der Waals surface area contributed by atoms with Crippen LogP contribution < -0.4 is 5.73 Å². The molecule has 0 saturated carbocycles. The summed E-state index contributed by atoms with van der Waals surface area (Å²) in [6, 6.07) is 18.0. The van der Waals surface area contributed by atoms with E-state index in [-0.39, 0.29) is 23.0 Å². The van der Waals surface area contributed by atoms with Gasteiger partial charge in [-0.3, -0.25) is 14.2 Å². The van der Waals surface area contributed by atoms with Crippen LogP contribution in [0.5, 0.6) is 0 Å². The first-order valence-corrected chi connectivity index (χ1v) is 11.6. The number of aromatic nitrogens is 3. The number of likely N-dealkylation sites (tertiary alicyclic amines) is 1. The molecule has 1 aromatic heterocycles. The van der Waals surface area contributed by atoms with Gasteiger partial charge >= 0.3 is 0 Å². The number of rotatable bonds is 6. The summed E-state index contributed by atoms with van der Waals surface area (Å²) in [6.45, 7) is 4.95. The van der Waals surface area contributed by atoms with E-state index >= 15 is 0 Å². The average molecular weight is 450 g/mol. The molecular weight excluding hydrogens is 422 g/mol. The Labute approximate surface area is 192 Å². The monoisotopic (exact) mass is 449 g/mol. The van der Waals surface area contributed by atoms with Gasteiger partial charge in [0, 0.05) is 24.3 Å². The highest BCUT2D eigenvalue weighted by Crippen LogP contribution is 2.31. The summed E-state index contributed by atoms with van der Waals surface area (Å²) in [4.78, 5) is 26.5. The molecule has 7 nitrogen and oxygen atoms in total. The number of hydrogen-bond donors (Lipinski definition) is 1. The zero-order chi connectivity index (χ0) is 22.7. The minimum atomic E-state index is -0.376. The molecule has 8 heteroatoms. The summed E-state index contributed by atoms with van der Waals surface area (Å²) in [5, 5.41) is 9.18. The van der Waals surface area contributed by atoms with Crippen molar-refractivity contribution in [3.63, 3.8) is 0 Å². The van der Waals surface area contributed by atoms with Gasteiger partial charge in [-0.25, -0.2) is 0 Å². The Morgan fingerprint density at radius 2 is 1.91 bits per heavy atom. The molecule has 4 rings (SSSR count). The number of carbonyl (C=O) groups excluding carboxylic acids is 2. The second kappa shape index (κ2) is 9.56. The SMILES string of the molecule is Cc1cccc(-c2nnc(SC(C)C(=O)N3CCCC(C(N)=O)C3)n2-c2ccccc2)c1. The van der Waals surface area contributed by atoms with Crippen molar-refractivity contribution in [3.8, 4) is 17.1 Å². The molecule has 2 amide bonds. The highest BCUT2D eigenvalue weighted by Gasteiger charge is 2.31. The molecule has 1 saturated heterocycles. The lowest BCUT2D eigenvalue weighted by molar-refractivity contribution is -0.134. The number of para-hydroxylation sites is 1. The maximum absolute atomic E-state index is 13.1. The molecule has 0 aliphatic carbocycles. The van der Waals surface area contributed by atoms with Crippen molar-refractivity contribution in [1.29, 1.82) is 0 Å². The van der Waals surface area contributed by atoms with E-state index in [0.29, 0.717) is 18.2 Å². The highest BCUT2D eigenvalue weighted by atomic mass is 32.2. The molecule has 0 bridgehead atoms. The first kappa shape index (κ1) is 22.1. The van der Waals surface area contributed by atoms with E-state index in [9.17, 15) is 9.59 Å². The Hall–Kier alpha value is -3.13. The van der Waals surface area contributed by atoms with Crippen LogP contribution >= 0.6 is 11.8 Å². The van der Waals surface area contributed by atoms with Gasteiger partial charge in [-0.05, 0) is 44.9 Å². The van der Waals surface area contributed by atoms with Gasteiger partial charge in [0.2, 0.25) is 11.8 Å². The molecule has 0 radical (unpaired) electrons. The minimum absolute atomic E-state index is 0.0133. The molecule has 1 fully saturated rings. The van der Waals surface area contributed by atoms with Crippen LogP contribution in [-0.4, -0.2) is 49.8 Å². The number of amides is 2. The number of carbonyl (C=O) groups is 2. The molecular formula is C24H27N5O2S. The van der Waals surface area contributed by atoms with Crippen LogP contribution in [0.1, 0.15) is 25.3 Å². The zero-order valence-electron chi connectivity index (χ0n) is 18.3. The van der Waals surface area contributed by atoms with Crippen molar-refractivity contribution in [2.75, 3.05) is 13.1 Å². The van der Waals surface area contributed by atoms with Crippen molar-refractivity contribution in [2.45, 2.75) is 37.1 Å². The molecule has 0 spiro atoms. The molecule has 166 valence electrons. The Kier molecular flexibility index (Phi) is 6.60. The second-order valence-electron chi connectivity index (χ2n) is 8.13. The number of hydrogen-bond acceptors (Lipinski definition) is 5. The number of aryl methyl sites for hydroxylation is 1. The van der Waals surface area contributed by atoms with Crippen molar-refractivity contribution >= 4 is 23.6 Å². The largest absolute Gasteiger partial charge is 0.369 e. The topological polar surface area (TPSA) is 94.1 Å². The van der Waals surface area contributed by atoms with Crippen LogP contribution in [0.3, 0.4) is 0 Å². The van der Waals surface area contributed by atoms with Gasteiger partial charge in [-0.15, -0.1) is 10.2 Å². The summed E-state index contributed by atoms with van der Waals surface area (Å²) in [5.74, 6) is 0.106. The maximum atomic E-state index is 13.1. The van der Waals surface area contributed by atoms with E-state index in [1.165, 1.54) is 11.8 Å². The normalized spacial score (nSPS) is 17.2. The third-order valence-electron chi connectivity index (χ3n) is 5.69. The Balaban J connectivity index is 1.62. The molecule has 2 N–H and O–H groups in total. The summed E-state index contributed by atoms with van der Waals surface area (Å²) < 4.78 is 1.99. The quantitative estimate of drug-likeness (QED) is 0.582. The van der Waals surface area contributed by atoms with Crippen LogP contribution in [0.25, 0.3) is 17.1 Å². The lowest BCUT2D eigenvalue weighted by Gasteiger charge is -2.32. The van der Waals surface area contributed by atoms with E-state index < -0.39 is 0 Å². The Morgan fingerprint density at radius 3 is 2.62 bits per heavy atom. The van der Waals surface area contributed by atoms with Crippen molar-refractivity contribution in [2.24, 2.45) is 11.7 Å². The smallest absolute Gasteiger partial charge is 0.235 e. The molecule has 3 aromatic rings. The number of nitrogens with two attached hydrogens (primary N) is 1. The summed E-state index contributed by atoms with van der Waals surface area (Å²) >= 11 is 1.38. The number of primary amides is 1. The molecule has 2 aromatic carbocycles. The van der Waals surface area contributed by atoms with Gasteiger partial charge < -0.3 is 10.6 Å². The zero-order valence-corrected chi connectivity index (χ0v) is 19.1. The summed E-state index contributed by atoms with van der Waals surface area (Å²) in [7, 11) is 0. The van der Waals surface area contributed by atoms with E-state index in [1.807, 2.05) is 66.9 Å². The molecule has 2 atom stereocenters. The maximum Gasteiger partial charge on any atom is 0.235 e. The van der Waals surface area contributed by atoms with E-state index in [4.69, 9.17) is 5.73 Å². The third-order valence-corrected chi connectivity index (χ3v) is 6.72. The molecule has 32 heavy (non-hydrogen) atoms. The first-order chi connectivity index (χ1) is 15.4. The summed E-state index contributed by atoms with van der Waals surface area (Å²) in [5.41, 5.74) is 8.51. The fourth-order valence-electron chi connectivity index (χ4n) is 4.00. The second-order valence-corrected chi connectivity index (χ2v) is 9.44. The minimum Gasteiger partial charge on any atom is -0.369 e. The van der Waals surface area contributed by atoms with Gasteiger partial charge in [-0.1, -0.05) is 53.7 Å². The fraction of sp³-hybridized carbons (Fsp3) is 0.333. The van der Waals surface area contributed by atoms with Crippen LogP contribution in [-0.2, 0) is 9.59 Å². The molecule has 2 unspecified atom stereocenters. The molecule has 1 aliphatic heterocycles. The fourth-order valence-corrected chi connectivity index (χ4v) is 4.95. The van der Waals surface area contributed by atoms with E-state index in [2.05, 4.69) is 16.3 Å². The van der Waals surface area contributed by atoms with Crippen LogP contribution in [0.2, 0.25) is 0 Å². The predicted molar refractivity (Wildman–Crippen MR) is 125 cm³/mol. The predicted octanol–water partition coefficient (Wildman–Crippen LogP) is 3.45. The van der Waals surface area contributed by atoms with Gasteiger partial charge in [0.05, 0.1) is 11.2 Å². The van der Waals surface area contributed by atoms with E-state index in [0.717, 1.165) is 35.5 Å². The number of thioether (sulfide) groups is 1.